The molecule has 5 N–H and O–H groups in total. The number of aliphatic imine (C=N–C) groups is 1. The van der Waals surface area contributed by atoms with Crippen LogP contribution < -0.4 is 21.1 Å². The summed E-state index contributed by atoms with van der Waals surface area (Å²) in [6.07, 6.45) is 2.62. The minimum Gasteiger partial charge on any atom is -0.492 e. The quantitative estimate of drug-likeness (QED) is 0.333. The Morgan fingerprint density at radius 3 is 2.74 bits per heavy atom. The zero-order chi connectivity index (χ0) is 26.0. The summed E-state index contributed by atoms with van der Waals surface area (Å²) in [5.74, 6) is 0.949. The van der Waals surface area contributed by atoms with Crippen LogP contribution in [0.1, 0.15) is 70.3 Å². The molecule has 1 saturated heterocycles. The standard InChI is InChI=1S/C27H43N5O3/c1-8-22(28)31-21(15-29-14-17(2)3)27(6)24(33)20(16-32(27)7)30-25(34)18-10-9-11-19-23(18)35-13-12-26(19,4)5/h9-11,14,20-21,24,29,33H,8,12-13,15-16H2,1-7H3,(H2,28,31)(H,30,34)/t20-,21?,24?,27?/m1/s1. The van der Waals surface area contributed by atoms with E-state index < -0.39 is 17.7 Å². The van der Waals surface area contributed by atoms with Crippen molar-refractivity contribution >= 4 is 11.7 Å². The van der Waals surface area contributed by atoms with Crippen molar-refractivity contribution in [2.45, 2.75) is 83.5 Å². The molecule has 1 aromatic carbocycles. The second-order valence-corrected chi connectivity index (χ2v) is 10.9. The lowest BCUT2D eigenvalue weighted by atomic mass is 9.79. The molecule has 194 valence electrons. The molecular formula is C27H43N5O3. The summed E-state index contributed by atoms with van der Waals surface area (Å²) >= 11 is 0. The van der Waals surface area contributed by atoms with Gasteiger partial charge in [0, 0.05) is 25.1 Å². The number of aliphatic hydroxyl groups is 1. The van der Waals surface area contributed by atoms with Crippen molar-refractivity contribution in [1.29, 1.82) is 0 Å². The number of hydrogen-bond donors (Lipinski definition) is 4. The van der Waals surface area contributed by atoms with Crippen LogP contribution in [-0.2, 0) is 5.41 Å². The van der Waals surface area contributed by atoms with Gasteiger partial charge in [0.25, 0.3) is 5.91 Å². The van der Waals surface area contributed by atoms with E-state index in [-0.39, 0.29) is 17.4 Å². The number of nitrogens with zero attached hydrogens (tertiary/aromatic N) is 2. The molecule has 8 heteroatoms. The number of carbonyl (C=O) groups excluding carboxylic acids is 1. The first-order chi connectivity index (χ1) is 16.4. The van der Waals surface area contributed by atoms with E-state index in [4.69, 9.17) is 15.5 Å². The van der Waals surface area contributed by atoms with Crippen LogP contribution in [0.5, 0.6) is 5.75 Å². The van der Waals surface area contributed by atoms with Gasteiger partial charge < -0.3 is 26.2 Å². The van der Waals surface area contributed by atoms with Crippen LogP contribution in [0.4, 0.5) is 0 Å². The molecule has 8 nitrogen and oxygen atoms in total. The molecule has 0 aliphatic carbocycles. The second-order valence-electron chi connectivity index (χ2n) is 10.9. The number of benzene rings is 1. The topological polar surface area (TPSA) is 112 Å². The Hall–Kier alpha value is -2.58. The van der Waals surface area contributed by atoms with Crippen LogP contribution in [0.2, 0.25) is 0 Å². The van der Waals surface area contributed by atoms with Gasteiger partial charge in [-0.1, -0.05) is 38.5 Å². The molecule has 35 heavy (non-hydrogen) atoms. The summed E-state index contributed by atoms with van der Waals surface area (Å²) in [5.41, 5.74) is 8.03. The van der Waals surface area contributed by atoms with E-state index in [1.54, 1.807) is 6.07 Å². The van der Waals surface area contributed by atoms with Gasteiger partial charge in [0.05, 0.1) is 41.7 Å². The molecule has 0 spiro atoms. The summed E-state index contributed by atoms with van der Waals surface area (Å²) in [6, 6.07) is 4.94. The Morgan fingerprint density at radius 2 is 2.09 bits per heavy atom. The van der Waals surface area contributed by atoms with Crippen molar-refractivity contribution in [3.63, 3.8) is 0 Å². The number of nitrogens with two attached hydrogens (primary N) is 1. The van der Waals surface area contributed by atoms with Gasteiger partial charge in [0.1, 0.15) is 5.75 Å². The number of nitrogens with one attached hydrogen (secondary N) is 2. The SMILES string of the molecule is CCC(N)=NC(CNC=C(C)C)C1(C)C(O)[C@H](NC(=O)c2cccc3c2OCCC3(C)C)CN1C. The number of aliphatic hydroxyl groups excluding tert-OH is 1. The van der Waals surface area contributed by atoms with E-state index in [0.29, 0.717) is 43.3 Å². The highest BCUT2D eigenvalue weighted by Crippen LogP contribution is 2.40. The van der Waals surface area contributed by atoms with Crippen molar-refractivity contribution in [3.8, 4) is 5.75 Å². The maximum absolute atomic E-state index is 13.4. The first kappa shape index (κ1) is 27.0. The Bertz CT molecular complexity index is 985. The summed E-state index contributed by atoms with van der Waals surface area (Å²) in [6.45, 7) is 13.9. The Kier molecular flexibility index (Phi) is 8.17. The van der Waals surface area contributed by atoms with E-state index in [9.17, 15) is 9.90 Å². The number of rotatable bonds is 8. The number of fused-ring (bicyclic) bond motifs is 1. The number of carbonyl (C=O) groups is 1. The van der Waals surface area contributed by atoms with Gasteiger partial charge in [-0.3, -0.25) is 14.7 Å². The third kappa shape index (κ3) is 5.48. The fourth-order valence-electron chi connectivity index (χ4n) is 5.04. The van der Waals surface area contributed by atoms with Gasteiger partial charge in [-0.15, -0.1) is 0 Å². The van der Waals surface area contributed by atoms with Crippen molar-refractivity contribution in [2.75, 3.05) is 26.7 Å². The van der Waals surface area contributed by atoms with Crippen molar-refractivity contribution in [2.24, 2.45) is 10.7 Å². The summed E-state index contributed by atoms with van der Waals surface area (Å²) in [4.78, 5) is 20.2. The smallest absolute Gasteiger partial charge is 0.255 e. The molecule has 0 bridgehead atoms. The Balaban J connectivity index is 1.85. The first-order valence-corrected chi connectivity index (χ1v) is 12.6. The monoisotopic (exact) mass is 485 g/mol. The Labute approximate surface area is 210 Å². The van der Waals surface area contributed by atoms with Crippen molar-refractivity contribution in [3.05, 3.63) is 41.1 Å². The number of likely N-dealkylation sites (N-methyl/N-ethyl adjacent to an activating group) is 1. The van der Waals surface area contributed by atoms with E-state index in [2.05, 4.69) is 29.4 Å². The van der Waals surface area contributed by atoms with E-state index in [1.807, 2.05) is 53.1 Å². The molecule has 1 amide bonds. The van der Waals surface area contributed by atoms with Gasteiger partial charge in [-0.2, -0.15) is 0 Å². The van der Waals surface area contributed by atoms with Crippen LogP contribution in [0, 0.1) is 0 Å². The number of para-hydroxylation sites is 1. The number of likely N-dealkylation sites (tertiary alicyclic amines) is 1. The van der Waals surface area contributed by atoms with Crippen LogP contribution in [0.15, 0.2) is 35.0 Å². The van der Waals surface area contributed by atoms with Gasteiger partial charge in [0.15, 0.2) is 0 Å². The predicted molar refractivity (Wildman–Crippen MR) is 141 cm³/mol. The van der Waals surface area contributed by atoms with Crippen LogP contribution in [0.3, 0.4) is 0 Å². The molecule has 1 fully saturated rings. The molecule has 0 aromatic heterocycles. The van der Waals surface area contributed by atoms with Crippen LogP contribution >= 0.6 is 0 Å². The molecule has 0 saturated carbocycles. The van der Waals surface area contributed by atoms with E-state index in [1.165, 1.54) is 0 Å². The zero-order valence-corrected chi connectivity index (χ0v) is 22.3. The van der Waals surface area contributed by atoms with Crippen molar-refractivity contribution < 1.29 is 14.6 Å². The maximum Gasteiger partial charge on any atom is 0.255 e. The first-order valence-electron chi connectivity index (χ1n) is 12.6. The van der Waals surface area contributed by atoms with E-state index >= 15 is 0 Å². The number of ether oxygens (including phenoxy) is 1. The number of amidine groups is 1. The van der Waals surface area contributed by atoms with Gasteiger partial charge in [-0.25, -0.2) is 0 Å². The van der Waals surface area contributed by atoms with Crippen LogP contribution in [0.25, 0.3) is 0 Å². The average Bonchev–Trinajstić information content (AvgIpc) is 3.01. The van der Waals surface area contributed by atoms with Crippen LogP contribution in [-0.4, -0.2) is 72.2 Å². The molecule has 3 unspecified atom stereocenters. The zero-order valence-electron chi connectivity index (χ0n) is 22.3. The van der Waals surface area contributed by atoms with Gasteiger partial charge in [0.2, 0.25) is 0 Å². The summed E-state index contributed by atoms with van der Waals surface area (Å²) in [5, 5.41) is 17.9. The van der Waals surface area contributed by atoms with Gasteiger partial charge >= 0.3 is 0 Å². The largest absolute Gasteiger partial charge is 0.492 e. The highest BCUT2D eigenvalue weighted by Gasteiger charge is 2.53. The highest BCUT2D eigenvalue weighted by molar-refractivity contribution is 5.97. The number of amides is 1. The minimum atomic E-state index is -0.847. The Morgan fingerprint density at radius 1 is 1.37 bits per heavy atom. The number of allylic oxidation sites excluding steroid dienone is 1. The average molecular weight is 486 g/mol. The van der Waals surface area contributed by atoms with E-state index in [0.717, 1.165) is 17.6 Å². The predicted octanol–water partition coefficient (Wildman–Crippen LogP) is 2.56. The fourth-order valence-corrected chi connectivity index (χ4v) is 5.04. The maximum atomic E-state index is 13.4. The third-order valence-electron chi connectivity index (χ3n) is 7.61. The normalized spacial score (nSPS) is 26.9. The fraction of sp³-hybridized carbons (Fsp3) is 0.630. The molecule has 2 aliphatic heterocycles. The molecular weight excluding hydrogens is 442 g/mol. The molecule has 2 aliphatic rings. The second kappa shape index (κ2) is 10.6. The third-order valence-corrected chi connectivity index (χ3v) is 7.61. The molecule has 2 heterocycles. The lowest BCUT2D eigenvalue weighted by molar-refractivity contribution is 0.0272. The molecule has 1 aromatic rings. The summed E-state index contributed by atoms with van der Waals surface area (Å²) < 4.78 is 5.94. The lowest BCUT2D eigenvalue weighted by Gasteiger charge is -2.40. The molecule has 3 rings (SSSR count). The lowest BCUT2D eigenvalue weighted by Crippen LogP contribution is -2.59. The highest BCUT2D eigenvalue weighted by atomic mass is 16.5. The minimum absolute atomic E-state index is 0.0573. The number of hydrogen-bond acceptors (Lipinski definition) is 6. The molecule has 4 atom stereocenters. The molecule has 0 radical (unpaired) electrons. The summed E-state index contributed by atoms with van der Waals surface area (Å²) in [7, 11) is 1.96. The van der Waals surface area contributed by atoms with Gasteiger partial charge in [-0.05, 0) is 51.9 Å². The van der Waals surface area contributed by atoms with Crippen molar-refractivity contribution in [1.82, 2.24) is 15.5 Å².